The molecule has 20 heavy (non-hydrogen) atoms. The van der Waals surface area contributed by atoms with Crippen LogP contribution in [0.25, 0.3) is 10.9 Å². The number of hydrogen-bond donors (Lipinski definition) is 2. The van der Waals surface area contributed by atoms with E-state index in [0.29, 0.717) is 5.82 Å². The predicted octanol–water partition coefficient (Wildman–Crippen LogP) is 2.38. The van der Waals surface area contributed by atoms with Gasteiger partial charge in [0.1, 0.15) is 5.82 Å². The average molecular weight is 265 g/mol. The average Bonchev–Trinajstić information content (AvgIpc) is 3.00. The number of aromatic nitrogens is 2. The summed E-state index contributed by atoms with van der Waals surface area (Å²) in [5.41, 5.74) is 1.01. The van der Waals surface area contributed by atoms with E-state index < -0.39 is 11.7 Å². The molecule has 5 heteroatoms. The molecule has 5 nitrogen and oxygen atoms in total. The van der Waals surface area contributed by atoms with Crippen LogP contribution in [-0.4, -0.2) is 21.7 Å². The fourth-order valence-corrected chi connectivity index (χ4v) is 1.90. The van der Waals surface area contributed by atoms with Crippen molar-refractivity contribution in [2.45, 2.75) is 0 Å². The number of ketones is 1. The number of fused-ring (bicyclic) bond motifs is 1. The number of aromatic amines is 1. The summed E-state index contributed by atoms with van der Waals surface area (Å²) >= 11 is 0. The number of benzene rings is 1. The SMILES string of the molecule is O=C(Nc1ccc2ccccc2n1)C(=O)c1ccc[nH]1. The Kier molecular flexibility index (Phi) is 3.01. The normalized spacial score (nSPS) is 10.4. The number of Topliss-reactive ketones (excluding diaryl/α,β-unsaturated/α-hetero) is 1. The number of H-pyrrole nitrogens is 1. The summed E-state index contributed by atoms with van der Waals surface area (Å²) in [6, 6.07) is 14.3. The van der Waals surface area contributed by atoms with Crippen molar-refractivity contribution in [1.82, 2.24) is 9.97 Å². The first-order chi connectivity index (χ1) is 9.74. The minimum absolute atomic E-state index is 0.253. The molecule has 0 aliphatic heterocycles. The Labute approximate surface area is 114 Å². The first-order valence-corrected chi connectivity index (χ1v) is 6.09. The summed E-state index contributed by atoms with van der Waals surface area (Å²) < 4.78 is 0. The zero-order valence-electron chi connectivity index (χ0n) is 10.5. The lowest BCUT2D eigenvalue weighted by atomic mass is 10.2. The van der Waals surface area contributed by atoms with Crippen LogP contribution in [-0.2, 0) is 4.79 Å². The van der Waals surface area contributed by atoms with Crippen LogP contribution < -0.4 is 5.32 Å². The molecule has 0 atom stereocenters. The summed E-state index contributed by atoms with van der Waals surface area (Å²) in [5, 5.41) is 3.48. The first kappa shape index (κ1) is 12.1. The Morgan fingerprint density at radius 2 is 1.85 bits per heavy atom. The van der Waals surface area contributed by atoms with Crippen LogP contribution in [0, 0.1) is 0 Å². The van der Waals surface area contributed by atoms with Gasteiger partial charge in [-0.05, 0) is 30.3 Å². The molecule has 98 valence electrons. The molecule has 2 heterocycles. The Morgan fingerprint density at radius 1 is 1.00 bits per heavy atom. The minimum atomic E-state index is -0.713. The zero-order chi connectivity index (χ0) is 13.9. The lowest BCUT2D eigenvalue weighted by Crippen LogP contribution is -2.23. The van der Waals surface area contributed by atoms with Crippen molar-refractivity contribution >= 4 is 28.4 Å². The second-order valence-corrected chi connectivity index (χ2v) is 4.26. The predicted molar refractivity (Wildman–Crippen MR) is 75.5 cm³/mol. The van der Waals surface area contributed by atoms with Gasteiger partial charge in [0.2, 0.25) is 0 Å². The fraction of sp³-hybridized carbons (Fsp3) is 0. The number of amides is 1. The number of anilines is 1. The van der Waals surface area contributed by atoms with Gasteiger partial charge in [-0.15, -0.1) is 0 Å². The molecule has 0 unspecified atom stereocenters. The van der Waals surface area contributed by atoms with Crippen LogP contribution >= 0.6 is 0 Å². The van der Waals surface area contributed by atoms with Crippen molar-refractivity contribution in [3.8, 4) is 0 Å². The number of rotatable bonds is 3. The number of nitrogens with one attached hydrogen (secondary N) is 2. The Bertz CT molecular complexity index is 779. The number of pyridine rings is 1. The van der Waals surface area contributed by atoms with Gasteiger partial charge in [-0.25, -0.2) is 4.98 Å². The molecule has 0 spiro atoms. The monoisotopic (exact) mass is 265 g/mol. The van der Waals surface area contributed by atoms with Crippen molar-refractivity contribution in [1.29, 1.82) is 0 Å². The van der Waals surface area contributed by atoms with Crippen molar-refractivity contribution in [2.75, 3.05) is 5.32 Å². The van der Waals surface area contributed by atoms with Gasteiger partial charge in [0, 0.05) is 11.6 Å². The Hall–Kier alpha value is -2.95. The number of hydrogen-bond acceptors (Lipinski definition) is 3. The molecule has 1 aromatic carbocycles. The second kappa shape index (κ2) is 4.97. The molecule has 0 aliphatic rings. The van der Waals surface area contributed by atoms with Gasteiger partial charge in [0.05, 0.1) is 11.2 Å². The van der Waals surface area contributed by atoms with E-state index in [0.717, 1.165) is 10.9 Å². The quantitative estimate of drug-likeness (QED) is 0.564. The van der Waals surface area contributed by atoms with Crippen LogP contribution in [0.1, 0.15) is 10.5 Å². The zero-order valence-corrected chi connectivity index (χ0v) is 10.5. The molecule has 0 saturated carbocycles. The smallest absolute Gasteiger partial charge is 0.299 e. The van der Waals surface area contributed by atoms with Crippen LogP contribution in [0.2, 0.25) is 0 Å². The van der Waals surface area contributed by atoms with Gasteiger partial charge in [-0.2, -0.15) is 0 Å². The largest absolute Gasteiger partial charge is 0.358 e. The molecule has 3 aromatic rings. The second-order valence-electron chi connectivity index (χ2n) is 4.26. The molecule has 1 amide bonds. The van der Waals surface area contributed by atoms with Gasteiger partial charge in [0.15, 0.2) is 0 Å². The summed E-state index contributed by atoms with van der Waals surface area (Å²) in [7, 11) is 0. The van der Waals surface area contributed by atoms with Crippen molar-refractivity contribution < 1.29 is 9.59 Å². The molecule has 0 radical (unpaired) electrons. The highest BCUT2D eigenvalue weighted by molar-refractivity contribution is 6.46. The van der Waals surface area contributed by atoms with E-state index >= 15 is 0 Å². The lowest BCUT2D eigenvalue weighted by Gasteiger charge is -2.04. The van der Waals surface area contributed by atoms with E-state index in [4.69, 9.17) is 0 Å². The molecule has 0 fully saturated rings. The maximum Gasteiger partial charge on any atom is 0.299 e. The number of nitrogens with zero attached hydrogens (tertiary/aromatic N) is 1. The molecular formula is C15H11N3O2. The lowest BCUT2D eigenvalue weighted by molar-refractivity contribution is -0.112. The van der Waals surface area contributed by atoms with Gasteiger partial charge in [-0.3, -0.25) is 9.59 Å². The van der Waals surface area contributed by atoms with Crippen molar-refractivity contribution in [2.24, 2.45) is 0 Å². The third kappa shape index (κ3) is 2.29. The van der Waals surface area contributed by atoms with Crippen LogP contribution in [0.3, 0.4) is 0 Å². The summed E-state index contributed by atoms with van der Waals surface area (Å²) in [5.74, 6) is -0.978. The van der Waals surface area contributed by atoms with Crippen molar-refractivity contribution in [3.05, 3.63) is 60.4 Å². The van der Waals surface area contributed by atoms with E-state index in [1.165, 1.54) is 0 Å². The fourth-order valence-electron chi connectivity index (χ4n) is 1.90. The van der Waals surface area contributed by atoms with Crippen LogP contribution in [0.15, 0.2) is 54.7 Å². The van der Waals surface area contributed by atoms with E-state index in [2.05, 4.69) is 15.3 Å². The molecule has 0 aliphatic carbocycles. The van der Waals surface area contributed by atoms with Crippen LogP contribution in [0.5, 0.6) is 0 Å². The summed E-state index contributed by atoms with van der Waals surface area (Å²) in [4.78, 5) is 30.6. The third-order valence-corrected chi connectivity index (χ3v) is 2.89. The molecule has 2 aromatic heterocycles. The summed E-state index contributed by atoms with van der Waals surface area (Å²) in [6.07, 6.45) is 1.59. The van der Waals surface area contributed by atoms with E-state index in [-0.39, 0.29) is 5.69 Å². The standard InChI is InChI=1S/C15H11N3O2/c19-14(12-6-3-9-16-12)15(20)18-13-8-7-10-4-1-2-5-11(10)17-13/h1-9,16H,(H,17,18,20). The third-order valence-electron chi connectivity index (χ3n) is 2.89. The van der Waals surface area contributed by atoms with Crippen LogP contribution in [0.4, 0.5) is 5.82 Å². The Morgan fingerprint density at radius 3 is 2.65 bits per heavy atom. The highest BCUT2D eigenvalue weighted by Gasteiger charge is 2.17. The molecule has 2 N–H and O–H groups in total. The number of carbonyl (C=O) groups excluding carboxylic acids is 2. The van der Waals surface area contributed by atoms with E-state index in [9.17, 15) is 9.59 Å². The summed E-state index contributed by atoms with van der Waals surface area (Å²) in [6.45, 7) is 0. The highest BCUT2D eigenvalue weighted by atomic mass is 16.2. The van der Waals surface area contributed by atoms with E-state index in [1.807, 2.05) is 30.3 Å². The maximum atomic E-state index is 11.8. The molecule has 0 saturated heterocycles. The topological polar surface area (TPSA) is 74.8 Å². The Balaban J connectivity index is 1.82. The number of carbonyl (C=O) groups is 2. The molecule has 3 rings (SSSR count). The van der Waals surface area contributed by atoms with Gasteiger partial charge in [0.25, 0.3) is 11.7 Å². The first-order valence-electron chi connectivity index (χ1n) is 6.09. The van der Waals surface area contributed by atoms with Gasteiger partial charge >= 0.3 is 0 Å². The van der Waals surface area contributed by atoms with Crippen molar-refractivity contribution in [3.63, 3.8) is 0 Å². The molecule has 0 bridgehead atoms. The maximum absolute atomic E-state index is 11.8. The van der Waals surface area contributed by atoms with E-state index in [1.54, 1.807) is 24.4 Å². The highest BCUT2D eigenvalue weighted by Crippen LogP contribution is 2.14. The van der Waals surface area contributed by atoms with Gasteiger partial charge in [-0.1, -0.05) is 18.2 Å². The number of para-hydroxylation sites is 1. The molecular weight excluding hydrogens is 254 g/mol. The minimum Gasteiger partial charge on any atom is -0.358 e. The van der Waals surface area contributed by atoms with Gasteiger partial charge < -0.3 is 10.3 Å².